The molecule has 1 amide bonds. The summed E-state index contributed by atoms with van der Waals surface area (Å²) in [6, 6.07) is 5.69. The zero-order chi connectivity index (χ0) is 15.4. The standard InChI is InChI=1S/C15H17N3O3S/c1-11-13(4-7-21-11)15(19)17-16-10-12-2-3-14(22-12)18-5-8-20-9-6-18/h2-4,7,10H,5-6,8-9H2,1H3,(H,17,19)/b16-10-. The van der Waals surface area contributed by atoms with Crippen LogP contribution in [0.2, 0.25) is 0 Å². The fraction of sp³-hybridized carbons (Fsp3) is 0.333. The van der Waals surface area contributed by atoms with E-state index >= 15 is 0 Å². The highest BCUT2D eigenvalue weighted by atomic mass is 32.1. The number of furan rings is 1. The van der Waals surface area contributed by atoms with Gasteiger partial charge in [0, 0.05) is 18.0 Å². The van der Waals surface area contributed by atoms with Crippen molar-refractivity contribution in [3.63, 3.8) is 0 Å². The fourth-order valence-electron chi connectivity index (χ4n) is 2.20. The lowest BCUT2D eigenvalue weighted by atomic mass is 10.2. The summed E-state index contributed by atoms with van der Waals surface area (Å²) in [6.45, 7) is 5.09. The molecule has 7 heteroatoms. The highest BCUT2D eigenvalue weighted by Gasteiger charge is 2.13. The van der Waals surface area contributed by atoms with Gasteiger partial charge in [0.05, 0.1) is 36.3 Å². The highest BCUT2D eigenvalue weighted by Crippen LogP contribution is 2.25. The molecule has 1 aliphatic rings. The Kier molecular flexibility index (Phi) is 4.55. The Bertz CT molecular complexity index is 671. The SMILES string of the molecule is Cc1occc1C(=O)N/N=C\c1ccc(N2CCOCC2)s1. The fourth-order valence-corrected chi connectivity index (χ4v) is 3.13. The van der Waals surface area contributed by atoms with Gasteiger partial charge in [-0.15, -0.1) is 11.3 Å². The van der Waals surface area contributed by atoms with Crippen molar-refractivity contribution in [2.45, 2.75) is 6.92 Å². The molecule has 0 aliphatic carbocycles. The number of morpholine rings is 1. The van der Waals surface area contributed by atoms with Gasteiger partial charge >= 0.3 is 0 Å². The molecule has 0 aromatic carbocycles. The normalized spacial score (nSPS) is 15.4. The molecule has 1 fully saturated rings. The number of thiophene rings is 1. The van der Waals surface area contributed by atoms with Crippen molar-refractivity contribution in [3.05, 3.63) is 40.7 Å². The summed E-state index contributed by atoms with van der Waals surface area (Å²) in [5.41, 5.74) is 3.00. The average molecular weight is 319 g/mol. The highest BCUT2D eigenvalue weighted by molar-refractivity contribution is 7.17. The third-order valence-corrected chi connectivity index (χ3v) is 4.48. The number of hydrazone groups is 1. The molecule has 0 radical (unpaired) electrons. The van der Waals surface area contributed by atoms with Crippen LogP contribution in [0.5, 0.6) is 0 Å². The minimum atomic E-state index is -0.271. The van der Waals surface area contributed by atoms with Gasteiger partial charge in [-0.25, -0.2) is 5.43 Å². The number of anilines is 1. The topological polar surface area (TPSA) is 67.1 Å². The van der Waals surface area contributed by atoms with E-state index in [9.17, 15) is 4.79 Å². The maximum Gasteiger partial charge on any atom is 0.274 e. The molecule has 3 heterocycles. The number of hydrogen-bond acceptors (Lipinski definition) is 6. The number of hydrogen-bond donors (Lipinski definition) is 1. The first kappa shape index (κ1) is 14.8. The van der Waals surface area contributed by atoms with Gasteiger partial charge in [-0.2, -0.15) is 5.10 Å². The summed E-state index contributed by atoms with van der Waals surface area (Å²) in [5.74, 6) is 0.311. The zero-order valence-electron chi connectivity index (χ0n) is 12.2. The number of carbonyl (C=O) groups is 1. The first-order valence-electron chi connectivity index (χ1n) is 7.04. The van der Waals surface area contributed by atoms with E-state index in [2.05, 4.69) is 21.5 Å². The molecule has 116 valence electrons. The number of aryl methyl sites for hydroxylation is 1. The van der Waals surface area contributed by atoms with Crippen LogP contribution in [0, 0.1) is 6.92 Å². The number of rotatable bonds is 4. The molecule has 3 rings (SSSR count). The third-order valence-electron chi connectivity index (χ3n) is 3.40. The van der Waals surface area contributed by atoms with Crippen LogP contribution in [0.1, 0.15) is 21.0 Å². The molecule has 1 saturated heterocycles. The van der Waals surface area contributed by atoms with Crippen LogP contribution in [0.4, 0.5) is 5.00 Å². The van der Waals surface area contributed by atoms with Gasteiger partial charge in [-0.05, 0) is 25.1 Å². The van der Waals surface area contributed by atoms with Crippen LogP contribution >= 0.6 is 11.3 Å². The van der Waals surface area contributed by atoms with Crippen molar-refractivity contribution in [1.82, 2.24) is 5.43 Å². The van der Waals surface area contributed by atoms with E-state index in [0.717, 1.165) is 31.2 Å². The Morgan fingerprint density at radius 1 is 1.36 bits per heavy atom. The summed E-state index contributed by atoms with van der Waals surface area (Å²) in [7, 11) is 0. The van der Waals surface area contributed by atoms with E-state index in [1.165, 1.54) is 11.3 Å². The van der Waals surface area contributed by atoms with Gasteiger partial charge in [0.15, 0.2) is 0 Å². The molecule has 1 aliphatic heterocycles. The van der Waals surface area contributed by atoms with Crippen LogP contribution in [0.3, 0.4) is 0 Å². The Morgan fingerprint density at radius 3 is 2.91 bits per heavy atom. The molecule has 2 aromatic heterocycles. The number of carbonyl (C=O) groups excluding carboxylic acids is 1. The molecule has 0 unspecified atom stereocenters. The predicted molar refractivity (Wildman–Crippen MR) is 85.9 cm³/mol. The molecule has 22 heavy (non-hydrogen) atoms. The number of nitrogens with one attached hydrogen (secondary N) is 1. The van der Waals surface area contributed by atoms with Gasteiger partial charge in [-0.3, -0.25) is 4.79 Å². The maximum atomic E-state index is 11.9. The summed E-state index contributed by atoms with van der Waals surface area (Å²) >= 11 is 1.64. The Labute approximate surface area is 132 Å². The van der Waals surface area contributed by atoms with E-state index in [1.807, 2.05) is 6.07 Å². The third kappa shape index (κ3) is 3.37. The van der Waals surface area contributed by atoms with Gasteiger partial charge in [0.2, 0.25) is 0 Å². The maximum absolute atomic E-state index is 11.9. The van der Waals surface area contributed by atoms with Crippen molar-refractivity contribution in [2.75, 3.05) is 31.2 Å². The number of ether oxygens (including phenoxy) is 1. The first-order chi connectivity index (χ1) is 10.7. The molecule has 2 aromatic rings. The molecule has 0 bridgehead atoms. The van der Waals surface area contributed by atoms with Crippen LogP contribution < -0.4 is 10.3 Å². The minimum Gasteiger partial charge on any atom is -0.469 e. The van der Waals surface area contributed by atoms with Gasteiger partial charge < -0.3 is 14.1 Å². The van der Waals surface area contributed by atoms with Gasteiger partial charge in [-0.1, -0.05) is 0 Å². The quantitative estimate of drug-likeness (QED) is 0.693. The van der Waals surface area contributed by atoms with Crippen molar-refractivity contribution >= 4 is 28.5 Å². The number of amides is 1. The van der Waals surface area contributed by atoms with Crippen LogP contribution in [-0.4, -0.2) is 38.4 Å². The molecule has 1 N–H and O–H groups in total. The van der Waals surface area contributed by atoms with E-state index < -0.39 is 0 Å². The Balaban J connectivity index is 1.58. The Hall–Kier alpha value is -2.12. The van der Waals surface area contributed by atoms with Crippen molar-refractivity contribution < 1.29 is 13.9 Å². The van der Waals surface area contributed by atoms with E-state index in [4.69, 9.17) is 9.15 Å². The summed E-state index contributed by atoms with van der Waals surface area (Å²) in [6.07, 6.45) is 3.14. The lowest BCUT2D eigenvalue weighted by molar-refractivity contribution is 0.0953. The summed E-state index contributed by atoms with van der Waals surface area (Å²) in [5, 5.41) is 5.19. The van der Waals surface area contributed by atoms with E-state index in [1.54, 1.807) is 30.5 Å². The predicted octanol–water partition coefficient (Wildman–Crippen LogP) is 2.25. The van der Waals surface area contributed by atoms with Crippen molar-refractivity contribution in [1.29, 1.82) is 0 Å². The van der Waals surface area contributed by atoms with Crippen LogP contribution in [0.25, 0.3) is 0 Å². The average Bonchev–Trinajstić information content (AvgIpc) is 3.17. The summed E-state index contributed by atoms with van der Waals surface area (Å²) in [4.78, 5) is 15.1. The van der Waals surface area contributed by atoms with Crippen LogP contribution in [0.15, 0.2) is 34.0 Å². The molecular weight excluding hydrogens is 302 g/mol. The second-order valence-corrected chi connectivity index (χ2v) is 5.96. The summed E-state index contributed by atoms with van der Waals surface area (Å²) < 4.78 is 10.4. The van der Waals surface area contributed by atoms with Crippen LogP contribution in [-0.2, 0) is 4.74 Å². The minimum absolute atomic E-state index is 0.271. The van der Waals surface area contributed by atoms with E-state index in [-0.39, 0.29) is 5.91 Å². The second kappa shape index (κ2) is 6.76. The lowest BCUT2D eigenvalue weighted by Crippen LogP contribution is -2.35. The lowest BCUT2D eigenvalue weighted by Gasteiger charge is -2.27. The second-order valence-electron chi connectivity index (χ2n) is 4.87. The van der Waals surface area contributed by atoms with Gasteiger partial charge in [0.1, 0.15) is 5.76 Å². The first-order valence-corrected chi connectivity index (χ1v) is 7.86. The molecule has 0 atom stereocenters. The van der Waals surface area contributed by atoms with Crippen molar-refractivity contribution in [3.8, 4) is 0 Å². The largest absolute Gasteiger partial charge is 0.469 e. The molecule has 6 nitrogen and oxygen atoms in total. The Morgan fingerprint density at radius 2 is 2.18 bits per heavy atom. The molecule has 0 spiro atoms. The monoisotopic (exact) mass is 319 g/mol. The van der Waals surface area contributed by atoms with Crippen molar-refractivity contribution in [2.24, 2.45) is 5.10 Å². The smallest absolute Gasteiger partial charge is 0.274 e. The van der Waals surface area contributed by atoms with Gasteiger partial charge in [0.25, 0.3) is 5.91 Å². The molecule has 0 saturated carbocycles. The number of nitrogens with zero attached hydrogens (tertiary/aromatic N) is 2. The van der Waals surface area contributed by atoms with E-state index in [0.29, 0.717) is 11.3 Å². The molecular formula is C15H17N3O3S. The zero-order valence-corrected chi connectivity index (χ0v) is 13.1.